The van der Waals surface area contributed by atoms with E-state index in [1.807, 2.05) is 11.3 Å². The third kappa shape index (κ3) is 2.92. The van der Waals surface area contributed by atoms with Crippen LogP contribution in [0.1, 0.15) is 28.1 Å². The first-order chi connectivity index (χ1) is 8.20. The van der Waals surface area contributed by atoms with Crippen LogP contribution in [0.3, 0.4) is 0 Å². The first-order valence-electron chi connectivity index (χ1n) is 5.84. The van der Waals surface area contributed by atoms with Crippen molar-refractivity contribution in [2.24, 2.45) is 0 Å². The molecule has 17 heavy (non-hydrogen) atoms. The minimum Gasteiger partial charge on any atom is -0.317 e. The summed E-state index contributed by atoms with van der Waals surface area (Å²) in [6, 6.07) is 2.25. The highest BCUT2D eigenvalue weighted by Crippen LogP contribution is 2.20. The number of aryl methyl sites for hydroxylation is 3. The van der Waals surface area contributed by atoms with Gasteiger partial charge < -0.3 is 9.88 Å². The molecular formula is C12H18N4S. The maximum atomic E-state index is 4.10. The van der Waals surface area contributed by atoms with E-state index in [-0.39, 0.29) is 0 Å². The molecule has 0 amide bonds. The van der Waals surface area contributed by atoms with Gasteiger partial charge in [-0.15, -0.1) is 21.5 Å². The molecule has 0 radical (unpaired) electrons. The summed E-state index contributed by atoms with van der Waals surface area (Å²) in [6.45, 7) is 8.99. The Morgan fingerprint density at radius 3 is 2.82 bits per heavy atom. The fourth-order valence-electron chi connectivity index (χ4n) is 1.85. The lowest BCUT2D eigenvalue weighted by atomic mass is 10.2. The minimum atomic E-state index is 0.766. The van der Waals surface area contributed by atoms with Gasteiger partial charge in [0.25, 0.3) is 0 Å². The van der Waals surface area contributed by atoms with Gasteiger partial charge in [-0.25, -0.2) is 0 Å². The summed E-state index contributed by atoms with van der Waals surface area (Å²) < 4.78 is 2.05. The predicted octanol–water partition coefficient (Wildman–Crippen LogP) is 2.27. The zero-order valence-electron chi connectivity index (χ0n) is 10.5. The second-order valence-corrected chi connectivity index (χ2v) is 5.54. The summed E-state index contributed by atoms with van der Waals surface area (Å²) >= 11 is 1.85. The number of hydrogen-bond acceptors (Lipinski definition) is 4. The van der Waals surface area contributed by atoms with Crippen molar-refractivity contribution in [3.63, 3.8) is 0 Å². The molecule has 2 rings (SSSR count). The van der Waals surface area contributed by atoms with Crippen LogP contribution in [0.2, 0.25) is 0 Å². The van der Waals surface area contributed by atoms with Crippen LogP contribution in [0, 0.1) is 13.8 Å². The SMILES string of the molecule is CCn1cnnc1CNCc1cc(C)sc1C. The largest absolute Gasteiger partial charge is 0.317 e. The maximum Gasteiger partial charge on any atom is 0.146 e. The first kappa shape index (κ1) is 12.3. The smallest absolute Gasteiger partial charge is 0.146 e. The zero-order valence-corrected chi connectivity index (χ0v) is 11.3. The Morgan fingerprint density at radius 1 is 1.35 bits per heavy atom. The Bertz CT molecular complexity index is 486. The van der Waals surface area contributed by atoms with Crippen LogP contribution in [0.5, 0.6) is 0 Å². The molecule has 0 fully saturated rings. The highest BCUT2D eigenvalue weighted by Gasteiger charge is 2.04. The molecule has 2 aromatic rings. The van der Waals surface area contributed by atoms with Crippen molar-refractivity contribution in [2.45, 2.75) is 40.4 Å². The number of nitrogens with one attached hydrogen (secondary N) is 1. The van der Waals surface area contributed by atoms with Crippen molar-refractivity contribution < 1.29 is 0 Å². The van der Waals surface area contributed by atoms with Gasteiger partial charge in [0.1, 0.15) is 12.2 Å². The topological polar surface area (TPSA) is 42.7 Å². The molecule has 0 atom stereocenters. The van der Waals surface area contributed by atoms with E-state index in [4.69, 9.17) is 0 Å². The Kier molecular flexibility index (Phi) is 3.91. The standard InChI is InChI=1S/C12H18N4S/c1-4-16-8-14-15-12(16)7-13-6-11-5-9(2)17-10(11)3/h5,8,13H,4,6-7H2,1-3H3. The van der Waals surface area contributed by atoms with Gasteiger partial charge in [-0.3, -0.25) is 0 Å². The molecule has 4 nitrogen and oxygen atoms in total. The molecule has 2 aromatic heterocycles. The molecular weight excluding hydrogens is 232 g/mol. The van der Waals surface area contributed by atoms with Crippen LogP contribution >= 0.6 is 11.3 Å². The summed E-state index contributed by atoms with van der Waals surface area (Å²) in [5.41, 5.74) is 1.38. The summed E-state index contributed by atoms with van der Waals surface area (Å²) in [5.74, 6) is 0.997. The van der Waals surface area contributed by atoms with E-state index in [2.05, 4.69) is 46.9 Å². The number of hydrogen-bond donors (Lipinski definition) is 1. The van der Waals surface area contributed by atoms with Gasteiger partial charge in [-0.2, -0.15) is 0 Å². The lowest BCUT2D eigenvalue weighted by molar-refractivity contribution is 0.612. The quantitative estimate of drug-likeness (QED) is 0.885. The Hall–Kier alpha value is -1.20. The molecule has 0 bridgehead atoms. The average Bonchev–Trinajstić information content (AvgIpc) is 2.86. The molecule has 2 heterocycles. The average molecular weight is 250 g/mol. The molecule has 0 saturated heterocycles. The summed E-state index contributed by atoms with van der Waals surface area (Å²) in [4.78, 5) is 2.77. The van der Waals surface area contributed by atoms with E-state index in [1.54, 1.807) is 6.33 Å². The van der Waals surface area contributed by atoms with E-state index < -0.39 is 0 Å². The monoisotopic (exact) mass is 250 g/mol. The number of thiophene rings is 1. The van der Waals surface area contributed by atoms with E-state index in [0.29, 0.717) is 0 Å². The normalized spacial score (nSPS) is 11.0. The van der Waals surface area contributed by atoms with E-state index in [1.165, 1.54) is 15.3 Å². The van der Waals surface area contributed by atoms with Crippen LogP contribution in [-0.4, -0.2) is 14.8 Å². The third-order valence-electron chi connectivity index (χ3n) is 2.78. The number of rotatable bonds is 5. The molecule has 1 N–H and O–H groups in total. The molecule has 0 aromatic carbocycles. The van der Waals surface area contributed by atoms with Crippen LogP contribution in [0.4, 0.5) is 0 Å². The second kappa shape index (κ2) is 5.42. The molecule has 0 aliphatic rings. The van der Waals surface area contributed by atoms with Gasteiger partial charge in [-0.1, -0.05) is 0 Å². The van der Waals surface area contributed by atoms with Crippen LogP contribution in [0.15, 0.2) is 12.4 Å². The summed E-state index contributed by atoms with van der Waals surface area (Å²) in [7, 11) is 0. The van der Waals surface area contributed by atoms with Crippen LogP contribution in [-0.2, 0) is 19.6 Å². The molecule has 5 heteroatoms. The Morgan fingerprint density at radius 2 is 2.18 bits per heavy atom. The molecule has 0 unspecified atom stereocenters. The van der Waals surface area contributed by atoms with Gasteiger partial charge in [0.05, 0.1) is 6.54 Å². The van der Waals surface area contributed by atoms with Crippen LogP contribution < -0.4 is 5.32 Å². The third-order valence-corrected chi connectivity index (χ3v) is 3.79. The van der Waals surface area contributed by atoms with E-state index in [9.17, 15) is 0 Å². The minimum absolute atomic E-state index is 0.766. The van der Waals surface area contributed by atoms with Gasteiger partial charge in [0.2, 0.25) is 0 Å². The maximum absolute atomic E-state index is 4.10. The van der Waals surface area contributed by atoms with E-state index in [0.717, 1.165) is 25.5 Å². The van der Waals surface area contributed by atoms with Gasteiger partial charge >= 0.3 is 0 Å². The fourth-order valence-corrected chi connectivity index (χ4v) is 2.79. The van der Waals surface area contributed by atoms with Crippen LogP contribution in [0.25, 0.3) is 0 Å². The zero-order chi connectivity index (χ0) is 12.3. The lowest BCUT2D eigenvalue weighted by Crippen LogP contribution is -2.16. The van der Waals surface area contributed by atoms with Crippen molar-refractivity contribution in [3.8, 4) is 0 Å². The molecule has 92 valence electrons. The molecule has 0 aliphatic heterocycles. The van der Waals surface area contributed by atoms with Crippen molar-refractivity contribution in [1.82, 2.24) is 20.1 Å². The highest BCUT2D eigenvalue weighted by molar-refractivity contribution is 7.12. The van der Waals surface area contributed by atoms with Crippen molar-refractivity contribution in [3.05, 3.63) is 33.5 Å². The summed E-state index contributed by atoms with van der Waals surface area (Å²) in [6.07, 6.45) is 1.77. The van der Waals surface area contributed by atoms with Gasteiger partial charge in [-0.05, 0) is 32.4 Å². The van der Waals surface area contributed by atoms with Crippen molar-refractivity contribution >= 4 is 11.3 Å². The first-order valence-corrected chi connectivity index (χ1v) is 6.65. The predicted molar refractivity (Wildman–Crippen MR) is 70.0 cm³/mol. The summed E-state index contributed by atoms with van der Waals surface area (Å²) in [5, 5.41) is 11.4. The van der Waals surface area contributed by atoms with E-state index >= 15 is 0 Å². The highest BCUT2D eigenvalue weighted by atomic mass is 32.1. The number of aromatic nitrogens is 3. The van der Waals surface area contributed by atoms with Crippen molar-refractivity contribution in [2.75, 3.05) is 0 Å². The fraction of sp³-hybridized carbons (Fsp3) is 0.500. The number of nitrogens with zero attached hydrogens (tertiary/aromatic N) is 3. The molecule has 0 spiro atoms. The molecule has 0 aliphatic carbocycles. The Labute approximate surface area is 106 Å². The second-order valence-electron chi connectivity index (χ2n) is 4.08. The van der Waals surface area contributed by atoms with Crippen molar-refractivity contribution in [1.29, 1.82) is 0 Å². The molecule has 0 saturated carbocycles. The Balaban J connectivity index is 1.89. The van der Waals surface area contributed by atoms with Gasteiger partial charge in [0, 0.05) is 22.8 Å². The van der Waals surface area contributed by atoms with Gasteiger partial charge in [0.15, 0.2) is 0 Å². The lowest BCUT2D eigenvalue weighted by Gasteiger charge is -2.05.